The fraction of sp³-hybridized carbons (Fsp3) is 0.375. The van der Waals surface area contributed by atoms with Gasteiger partial charge in [0, 0.05) is 37.8 Å². The summed E-state index contributed by atoms with van der Waals surface area (Å²) in [6.45, 7) is 1.26. The van der Waals surface area contributed by atoms with Gasteiger partial charge in [-0.05, 0) is 30.2 Å². The van der Waals surface area contributed by atoms with Crippen molar-refractivity contribution in [2.75, 3.05) is 33.4 Å². The first-order valence-electron chi connectivity index (χ1n) is 11.3. The minimum atomic E-state index is -4.46. The fourth-order valence-corrected chi connectivity index (χ4v) is 4.50. The van der Waals surface area contributed by atoms with Crippen LogP contribution in [0.5, 0.6) is 5.75 Å². The highest BCUT2D eigenvalue weighted by atomic mass is 19.4. The van der Waals surface area contributed by atoms with Crippen molar-refractivity contribution in [1.82, 2.24) is 24.5 Å². The van der Waals surface area contributed by atoms with Crippen LogP contribution in [0, 0.1) is 0 Å². The summed E-state index contributed by atoms with van der Waals surface area (Å²) in [5.41, 5.74) is 7.51. The molecule has 11 heteroatoms. The summed E-state index contributed by atoms with van der Waals surface area (Å²) in [4.78, 5) is 6.10. The number of nitrogens with two attached hydrogens (primary N) is 1. The highest BCUT2D eigenvalue weighted by Crippen LogP contribution is 2.39. The molecule has 184 valence electrons. The molecule has 0 saturated carbocycles. The number of benzene rings is 1. The molecule has 1 aliphatic heterocycles. The van der Waals surface area contributed by atoms with Gasteiger partial charge in [-0.1, -0.05) is 24.3 Å². The molecule has 2 N–H and O–H groups in total. The minimum Gasteiger partial charge on any atom is -0.489 e. The maximum atomic E-state index is 14.1. The Morgan fingerprint density at radius 1 is 1.11 bits per heavy atom. The molecular weight excluding hydrogens is 461 g/mol. The van der Waals surface area contributed by atoms with E-state index >= 15 is 0 Å². The number of para-hydroxylation sites is 1. The van der Waals surface area contributed by atoms with Crippen LogP contribution < -0.4 is 10.5 Å². The predicted octanol–water partition coefficient (Wildman–Crippen LogP) is 3.61. The van der Waals surface area contributed by atoms with Crippen molar-refractivity contribution < 1.29 is 22.6 Å². The lowest BCUT2D eigenvalue weighted by Gasteiger charge is -2.30. The number of rotatable bonds is 7. The number of alkyl halides is 3. The average Bonchev–Trinajstić information content (AvgIpc) is 3.44. The van der Waals surface area contributed by atoms with Crippen LogP contribution in [0.1, 0.15) is 18.0 Å². The summed E-state index contributed by atoms with van der Waals surface area (Å²) in [5.74, 6) is 0.924. The van der Waals surface area contributed by atoms with Crippen LogP contribution >= 0.6 is 0 Å². The van der Waals surface area contributed by atoms with Crippen LogP contribution in [-0.2, 0) is 4.74 Å². The van der Waals surface area contributed by atoms with E-state index in [0.717, 1.165) is 5.39 Å². The second kappa shape index (κ2) is 9.40. The Labute approximate surface area is 199 Å². The second-order valence-corrected chi connectivity index (χ2v) is 8.57. The SMILES string of the molecule is COCCOc1cccc2ccc(-c3nnc4ccc([C@@H](N5CC[C@H](N)C5)C(F)(F)F)cn34)nc12. The number of likely N-dealkylation sites (tertiary alicyclic amines) is 1. The van der Waals surface area contributed by atoms with E-state index in [-0.39, 0.29) is 24.7 Å². The molecule has 0 aliphatic carbocycles. The van der Waals surface area contributed by atoms with Crippen LogP contribution in [0.2, 0.25) is 0 Å². The number of ether oxygens (including phenoxy) is 2. The van der Waals surface area contributed by atoms with E-state index in [1.807, 2.05) is 24.3 Å². The van der Waals surface area contributed by atoms with Gasteiger partial charge >= 0.3 is 6.18 Å². The van der Waals surface area contributed by atoms with Gasteiger partial charge in [0.2, 0.25) is 0 Å². The van der Waals surface area contributed by atoms with E-state index in [1.165, 1.54) is 17.2 Å². The van der Waals surface area contributed by atoms with Gasteiger partial charge in [-0.15, -0.1) is 10.2 Å². The smallest absolute Gasteiger partial charge is 0.408 e. The van der Waals surface area contributed by atoms with Gasteiger partial charge < -0.3 is 15.2 Å². The molecule has 2 atom stereocenters. The third-order valence-electron chi connectivity index (χ3n) is 6.13. The number of halogens is 3. The first-order valence-corrected chi connectivity index (χ1v) is 11.3. The fourth-order valence-electron chi connectivity index (χ4n) is 4.50. The molecule has 1 aliphatic rings. The molecule has 0 bridgehead atoms. The van der Waals surface area contributed by atoms with Crippen molar-refractivity contribution >= 4 is 16.6 Å². The number of hydrogen-bond donors (Lipinski definition) is 1. The normalized spacial score (nSPS) is 17.9. The van der Waals surface area contributed by atoms with E-state index in [4.69, 9.17) is 20.2 Å². The third-order valence-corrected chi connectivity index (χ3v) is 6.13. The van der Waals surface area contributed by atoms with Gasteiger partial charge in [-0.25, -0.2) is 4.98 Å². The number of pyridine rings is 2. The summed E-state index contributed by atoms with van der Waals surface area (Å²) in [6, 6.07) is 10.2. The number of hydrogen-bond acceptors (Lipinski definition) is 7. The topological polar surface area (TPSA) is 90.8 Å². The van der Waals surface area contributed by atoms with Gasteiger partial charge in [0.25, 0.3) is 0 Å². The summed E-state index contributed by atoms with van der Waals surface area (Å²) in [6.07, 6.45) is -2.48. The molecular formula is C24H25F3N6O2. The first-order chi connectivity index (χ1) is 16.8. The van der Waals surface area contributed by atoms with Crippen LogP contribution in [0.4, 0.5) is 13.2 Å². The first kappa shape index (κ1) is 23.5. The molecule has 0 unspecified atom stereocenters. The van der Waals surface area contributed by atoms with Crippen LogP contribution in [-0.4, -0.2) is 70.1 Å². The molecule has 35 heavy (non-hydrogen) atoms. The van der Waals surface area contributed by atoms with Gasteiger partial charge in [0.1, 0.15) is 29.6 Å². The summed E-state index contributed by atoms with van der Waals surface area (Å²) < 4.78 is 54.8. The molecule has 3 aromatic heterocycles. The standard InChI is InChI=1S/C24H25F3N6O2/c1-34-11-12-35-19-4-2-3-15-5-7-18(29-21(15)19)23-31-30-20-8-6-16(13-33(20)23)22(24(25,26)27)32-10-9-17(28)14-32/h2-8,13,17,22H,9-12,14,28H2,1H3/t17-,22+/m0/s1. The zero-order valence-corrected chi connectivity index (χ0v) is 19.1. The number of methoxy groups -OCH3 is 1. The molecule has 1 fully saturated rings. The second-order valence-electron chi connectivity index (χ2n) is 8.57. The third kappa shape index (κ3) is 4.66. The molecule has 0 spiro atoms. The van der Waals surface area contributed by atoms with Crippen LogP contribution in [0.25, 0.3) is 28.1 Å². The molecule has 0 amide bonds. The van der Waals surface area contributed by atoms with Crippen LogP contribution in [0.15, 0.2) is 48.7 Å². The van der Waals surface area contributed by atoms with E-state index in [0.29, 0.717) is 48.1 Å². The highest BCUT2D eigenvalue weighted by molar-refractivity contribution is 5.86. The summed E-state index contributed by atoms with van der Waals surface area (Å²) in [5, 5.41) is 9.23. The van der Waals surface area contributed by atoms with E-state index < -0.39 is 12.2 Å². The van der Waals surface area contributed by atoms with Crippen molar-refractivity contribution in [3.63, 3.8) is 0 Å². The van der Waals surface area contributed by atoms with Gasteiger partial charge in [0.05, 0.1) is 6.61 Å². The van der Waals surface area contributed by atoms with E-state index in [9.17, 15) is 13.2 Å². The molecule has 4 heterocycles. The Morgan fingerprint density at radius 2 is 1.97 bits per heavy atom. The number of aromatic nitrogens is 4. The van der Waals surface area contributed by atoms with Crippen molar-refractivity contribution in [2.45, 2.75) is 24.7 Å². The summed E-state index contributed by atoms with van der Waals surface area (Å²) in [7, 11) is 1.59. The van der Waals surface area contributed by atoms with Gasteiger partial charge in [-0.2, -0.15) is 13.2 Å². The number of nitrogens with zero attached hydrogens (tertiary/aromatic N) is 5. The van der Waals surface area contributed by atoms with Crippen molar-refractivity contribution in [3.05, 3.63) is 54.2 Å². The van der Waals surface area contributed by atoms with E-state index in [2.05, 4.69) is 10.2 Å². The Morgan fingerprint density at radius 3 is 2.71 bits per heavy atom. The van der Waals surface area contributed by atoms with Gasteiger partial charge in [0.15, 0.2) is 11.5 Å². The number of fused-ring (bicyclic) bond motifs is 2. The Kier molecular flexibility index (Phi) is 6.30. The Bertz CT molecular complexity index is 1340. The monoisotopic (exact) mass is 486 g/mol. The zero-order valence-electron chi connectivity index (χ0n) is 19.1. The Balaban J connectivity index is 1.56. The summed E-state index contributed by atoms with van der Waals surface area (Å²) >= 11 is 0. The lowest BCUT2D eigenvalue weighted by atomic mass is 10.1. The van der Waals surface area contributed by atoms with Crippen molar-refractivity contribution in [1.29, 1.82) is 0 Å². The largest absolute Gasteiger partial charge is 0.489 e. The molecule has 5 rings (SSSR count). The lowest BCUT2D eigenvalue weighted by Crippen LogP contribution is -2.38. The maximum Gasteiger partial charge on any atom is 0.408 e. The maximum absolute atomic E-state index is 14.1. The van der Waals surface area contributed by atoms with Crippen LogP contribution in [0.3, 0.4) is 0 Å². The quantitative estimate of drug-likeness (QED) is 0.399. The van der Waals surface area contributed by atoms with E-state index in [1.54, 1.807) is 23.6 Å². The molecule has 4 aromatic rings. The van der Waals surface area contributed by atoms with Crippen molar-refractivity contribution in [3.8, 4) is 17.3 Å². The lowest BCUT2D eigenvalue weighted by molar-refractivity contribution is -0.183. The highest BCUT2D eigenvalue weighted by Gasteiger charge is 2.46. The minimum absolute atomic E-state index is 0.101. The average molecular weight is 486 g/mol. The van der Waals surface area contributed by atoms with Crippen molar-refractivity contribution in [2.24, 2.45) is 5.73 Å². The van der Waals surface area contributed by atoms with Gasteiger partial charge in [-0.3, -0.25) is 9.30 Å². The Hall–Kier alpha value is -3.28. The molecule has 0 radical (unpaired) electrons. The molecule has 1 saturated heterocycles. The molecule has 1 aromatic carbocycles. The zero-order chi connectivity index (χ0) is 24.6. The predicted molar refractivity (Wildman–Crippen MR) is 124 cm³/mol. The molecule has 8 nitrogen and oxygen atoms in total.